The third-order valence-electron chi connectivity index (χ3n) is 5.54. The van der Waals surface area contributed by atoms with E-state index in [1.165, 1.54) is 18.5 Å². The molecule has 0 unspecified atom stereocenters. The summed E-state index contributed by atoms with van der Waals surface area (Å²) in [5.41, 5.74) is 3.40. The fourth-order valence-electron chi connectivity index (χ4n) is 3.74. The van der Waals surface area contributed by atoms with Crippen LogP contribution in [-0.2, 0) is 4.79 Å². The lowest BCUT2D eigenvalue weighted by molar-refractivity contribution is -0.127. The lowest BCUT2D eigenvalue weighted by Crippen LogP contribution is -2.38. The van der Waals surface area contributed by atoms with Gasteiger partial charge in [0.05, 0.1) is 6.04 Å². The molecular weight excluding hydrogens is 348 g/mol. The summed E-state index contributed by atoms with van der Waals surface area (Å²) in [4.78, 5) is 15.0. The molecule has 0 bridgehead atoms. The van der Waals surface area contributed by atoms with Crippen molar-refractivity contribution in [1.82, 2.24) is 5.32 Å². The van der Waals surface area contributed by atoms with Gasteiger partial charge < -0.3 is 15.0 Å². The van der Waals surface area contributed by atoms with Crippen molar-refractivity contribution in [2.75, 3.05) is 18.0 Å². The predicted octanol–water partition coefficient (Wildman–Crippen LogP) is 4.88. The minimum absolute atomic E-state index is 0.0650. The second-order valence-corrected chi connectivity index (χ2v) is 8.04. The Balaban J connectivity index is 1.57. The Morgan fingerprint density at radius 2 is 1.86 bits per heavy atom. The second-order valence-electron chi connectivity index (χ2n) is 8.04. The highest BCUT2D eigenvalue weighted by atomic mass is 16.5. The van der Waals surface area contributed by atoms with Gasteiger partial charge in [0.15, 0.2) is 6.10 Å². The molecule has 3 atom stereocenters. The number of ether oxygens (including phenoxy) is 1. The maximum Gasteiger partial charge on any atom is 0.261 e. The number of para-hydroxylation sites is 1. The van der Waals surface area contributed by atoms with Crippen molar-refractivity contribution in [3.8, 4) is 5.75 Å². The normalized spacial score (nSPS) is 19.0. The summed E-state index contributed by atoms with van der Waals surface area (Å²) in [5.74, 6) is 1.39. The van der Waals surface area contributed by atoms with Crippen molar-refractivity contribution < 1.29 is 9.53 Å². The van der Waals surface area contributed by atoms with Crippen molar-refractivity contribution in [2.24, 2.45) is 5.92 Å². The summed E-state index contributed by atoms with van der Waals surface area (Å²) in [6.07, 6.45) is 2.03. The summed E-state index contributed by atoms with van der Waals surface area (Å²) in [7, 11) is 0. The number of rotatable bonds is 6. The van der Waals surface area contributed by atoms with Crippen molar-refractivity contribution >= 4 is 11.6 Å². The maximum atomic E-state index is 12.5. The lowest BCUT2D eigenvalue weighted by atomic mass is 9.99. The number of anilines is 1. The number of piperidine rings is 1. The molecule has 28 heavy (non-hydrogen) atoms. The van der Waals surface area contributed by atoms with Gasteiger partial charge in [-0.15, -0.1) is 0 Å². The Hall–Kier alpha value is -2.49. The molecule has 2 aromatic rings. The second kappa shape index (κ2) is 9.13. The third kappa shape index (κ3) is 5.06. The van der Waals surface area contributed by atoms with Crippen molar-refractivity contribution in [3.05, 3.63) is 59.7 Å². The molecule has 0 spiro atoms. The molecule has 1 aliphatic rings. The molecule has 150 valence electrons. The largest absolute Gasteiger partial charge is 0.481 e. The lowest BCUT2D eigenvalue weighted by Gasteiger charge is -2.33. The molecule has 0 radical (unpaired) electrons. The van der Waals surface area contributed by atoms with Crippen LogP contribution in [0, 0.1) is 12.8 Å². The van der Waals surface area contributed by atoms with Gasteiger partial charge in [-0.05, 0) is 68.9 Å². The highest BCUT2D eigenvalue weighted by Crippen LogP contribution is 2.25. The fraction of sp³-hybridized carbons (Fsp3) is 0.458. The van der Waals surface area contributed by atoms with E-state index in [0.29, 0.717) is 0 Å². The van der Waals surface area contributed by atoms with Gasteiger partial charge in [0.1, 0.15) is 5.75 Å². The van der Waals surface area contributed by atoms with E-state index >= 15 is 0 Å². The molecule has 1 fully saturated rings. The Morgan fingerprint density at radius 1 is 1.14 bits per heavy atom. The highest BCUT2D eigenvalue weighted by molar-refractivity contribution is 5.81. The van der Waals surface area contributed by atoms with Crippen LogP contribution in [0.3, 0.4) is 0 Å². The zero-order valence-electron chi connectivity index (χ0n) is 17.4. The fourth-order valence-corrected chi connectivity index (χ4v) is 3.74. The number of carbonyl (C=O) groups excluding carboxylic acids is 1. The van der Waals surface area contributed by atoms with Crippen LogP contribution in [0.15, 0.2) is 48.5 Å². The molecule has 2 aromatic carbocycles. The van der Waals surface area contributed by atoms with E-state index in [-0.39, 0.29) is 11.9 Å². The van der Waals surface area contributed by atoms with Crippen molar-refractivity contribution in [2.45, 2.75) is 52.7 Å². The summed E-state index contributed by atoms with van der Waals surface area (Å²) >= 11 is 0. The molecule has 1 N–H and O–H groups in total. The maximum absolute atomic E-state index is 12.5. The number of nitrogens with one attached hydrogen (secondary N) is 1. The number of benzene rings is 2. The molecular formula is C24H32N2O2. The Bertz CT molecular complexity index is 787. The molecule has 1 amide bonds. The topological polar surface area (TPSA) is 41.6 Å². The summed E-state index contributed by atoms with van der Waals surface area (Å²) in [5, 5.41) is 3.06. The van der Waals surface area contributed by atoms with Crippen LogP contribution < -0.4 is 15.0 Å². The van der Waals surface area contributed by atoms with E-state index in [9.17, 15) is 4.79 Å². The standard InChI is InChI=1S/C24H32N2O2/c1-17-8-7-15-26(16-17)22-13-11-21(12-14-22)19(3)25-24(27)20(4)28-23-10-6-5-9-18(23)2/h5-6,9-14,17,19-20H,7-8,15-16H2,1-4H3,(H,25,27)/t17-,19+,20-/m1/s1. The first-order chi connectivity index (χ1) is 13.4. The number of nitrogens with zero attached hydrogens (tertiary/aromatic N) is 1. The Morgan fingerprint density at radius 3 is 2.54 bits per heavy atom. The van der Waals surface area contributed by atoms with Gasteiger partial charge in [-0.1, -0.05) is 37.3 Å². The summed E-state index contributed by atoms with van der Waals surface area (Å²) in [6, 6.07) is 16.3. The monoisotopic (exact) mass is 380 g/mol. The average Bonchev–Trinajstić information content (AvgIpc) is 2.69. The molecule has 1 aliphatic heterocycles. The SMILES string of the molecule is Cc1ccccc1O[C@H](C)C(=O)N[C@@H](C)c1ccc(N2CCC[C@@H](C)C2)cc1. The zero-order chi connectivity index (χ0) is 20.1. The van der Waals surface area contributed by atoms with Gasteiger partial charge in [-0.2, -0.15) is 0 Å². The minimum Gasteiger partial charge on any atom is -0.481 e. The van der Waals surface area contributed by atoms with Gasteiger partial charge in [0.25, 0.3) is 5.91 Å². The van der Waals surface area contributed by atoms with Crippen LogP contribution in [-0.4, -0.2) is 25.1 Å². The van der Waals surface area contributed by atoms with Gasteiger partial charge in [-0.25, -0.2) is 0 Å². The third-order valence-corrected chi connectivity index (χ3v) is 5.54. The minimum atomic E-state index is -0.544. The predicted molar refractivity (Wildman–Crippen MR) is 115 cm³/mol. The summed E-state index contributed by atoms with van der Waals surface area (Å²) < 4.78 is 5.83. The van der Waals surface area contributed by atoms with Crippen LogP contribution in [0.1, 0.15) is 50.8 Å². The highest BCUT2D eigenvalue weighted by Gasteiger charge is 2.19. The van der Waals surface area contributed by atoms with E-state index in [1.807, 2.05) is 38.1 Å². The quantitative estimate of drug-likeness (QED) is 0.777. The van der Waals surface area contributed by atoms with Gasteiger partial charge in [0.2, 0.25) is 0 Å². The summed E-state index contributed by atoms with van der Waals surface area (Å²) in [6.45, 7) is 10.3. The first kappa shape index (κ1) is 20.2. The molecule has 0 aliphatic carbocycles. The molecule has 0 saturated carbocycles. The number of carbonyl (C=O) groups is 1. The zero-order valence-corrected chi connectivity index (χ0v) is 17.4. The Labute approximate surface area is 168 Å². The van der Waals surface area contributed by atoms with Crippen LogP contribution >= 0.6 is 0 Å². The van der Waals surface area contributed by atoms with E-state index < -0.39 is 6.10 Å². The number of amides is 1. The molecule has 4 heteroatoms. The first-order valence-corrected chi connectivity index (χ1v) is 10.3. The smallest absolute Gasteiger partial charge is 0.261 e. The van der Waals surface area contributed by atoms with Crippen LogP contribution in [0.4, 0.5) is 5.69 Å². The molecule has 4 nitrogen and oxygen atoms in total. The molecule has 3 rings (SSSR count). The number of hydrogen-bond donors (Lipinski definition) is 1. The average molecular weight is 381 g/mol. The first-order valence-electron chi connectivity index (χ1n) is 10.3. The van der Waals surface area contributed by atoms with Gasteiger partial charge in [-0.3, -0.25) is 4.79 Å². The van der Waals surface area contributed by atoms with Gasteiger partial charge >= 0.3 is 0 Å². The van der Waals surface area contributed by atoms with Crippen LogP contribution in [0.25, 0.3) is 0 Å². The van der Waals surface area contributed by atoms with Gasteiger partial charge in [0, 0.05) is 18.8 Å². The van der Waals surface area contributed by atoms with E-state index in [4.69, 9.17) is 4.74 Å². The molecule has 1 heterocycles. The molecule has 0 aromatic heterocycles. The van der Waals surface area contributed by atoms with E-state index in [2.05, 4.69) is 41.4 Å². The van der Waals surface area contributed by atoms with E-state index in [1.54, 1.807) is 6.92 Å². The van der Waals surface area contributed by atoms with Crippen LogP contribution in [0.2, 0.25) is 0 Å². The van der Waals surface area contributed by atoms with Crippen molar-refractivity contribution in [1.29, 1.82) is 0 Å². The number of aryl methyl sites for hydroxylation is 1. The number of hydrogen-bond acceptors (Lipinski definition) is 3. The van der Waals surface area contributed by atoms with Crippen molar-refractivity contribution in [3.63, 3.8) is 0 Å². The Kier molecular flexibility index (Phi) is 6.61. The molecule has 1 saturated heterocycles. The van der Waals surface area contributed by atoms with Crippen LogP contribution in [0.5, 0.6) is 5.75 Å². The van der Waals surface area contributed by atoms with E-state index in [0.717, 1.165) is 35.9 Å².